The molecule has 1 fully saturated rings. The van der Waals surface area contributed by atoms with Crippen molar-refractivity contribution >= 4 is 17.5 Å². The molecule has 2 amide bonds. The lowest BCUT2D eigenvalue weighted by molar-refractivity contribution is -0.127. The number of aromatic hydroxyl groups is 1. The maximum absolute atomic E-state index is 12.7. The fraction of sp³-hybridized carbons (Fsp3) is 0.391. The predicted octanol–water partition coefficient (Wildman–Crippen LogP) is 3.31. The summed E-state index contributed by atoms with van der Waals surface area (Å²) in [6.07, 6.45) is 1.37. The third kappa shape index (κ3) is 5.35. The summed E-state index contributed by atoms with van der Waals surface area (Å²) in [5.74, 6) is -0.139. The van der Waals surface area contributed by atoms with E-state index in [4.69, 9.17) is 0 Å². The number of carbonyl (C=O) groups excluding carboxylic acids is 2. The molecule has 0 unspecified atom stereocenters. The highest BCUT2D eigenvalue weighted by molar-refractivity contribution is 5.94. The number of hydrogen-bond acceptors (Lipinski definition) is 4. The van der Waals surface area contributed by atoms with Crippen molar-refractivity contribution in [3.8, 4) is 5.75 Å². The van der Waals surface area contributed by atoms with E-state index in [1.165, 1.54) is 0 Å². The largest absolute Gasteiger partial charge is 0.506 e. The molecule has 2 aromatic carbocycles. The Hall–Kier alpha value is -2.86. The third-order valence-corrected chi connectivity index (χ3v) is 5.65. The van der Waals surface area contributed by atoms with E-state index in [9.17, 15) is 14.7 Å². The van der Waals surface area contributed by atoms with Crippen LogP contribution in [0.3, 0.4) is 0 Å². The maximum Gasteiger partial charge on any atom is 0.237 e. The van der Waals surface area contributed by atoms with Gasteiger partial charge in [0, 0.05) is 5.92 Å². The lowest BCUT2D eigenvalue weighted by atomic mass is 9.94. The van der Waals surface area contributed by atoms with Gasteiger partial charge in [-0.05, 0) is 57.5 Å². The Bertz CT molecular complexity index is 832. The van der Waals surface area contributed by atoms with E-state index in [1.54, 1.807) is 24.3 Å². The van der Waals surface area contributed by atoms with Gasteiger partial charge in [0.05, 0.1) is 17.8 Å². The molecule has 6 heteroatoms. The molecular formula is C23H29N3O3. The van der Waals surface area contributed by atoms with Gasteiger partial charge in [-0.3, -0.25) is 14.5 Å². The van der Waals surface area contributed by atoms with Crippen molar-refractivity contribution in [3.05, 3.63) is 60.2 Å². The second-order valence-corrected chi connectivity index (χ2v) is 7.63. The molecule has 1 heterocycles. The van der Waals surface area contributed by atoms with Gasteiger partial charge in [0.2, 0.25) is 11.8 Å². The predicted molar refractivity (Wildman–Crippen MR) is 113 cm³/mol. The average Bonchev–Trinajstić information content (AvgIpc) is 2.75. The fourth-order valence-corrected chi connectivity index (χ4v) is 3.69. The van der Waals surface area contributed by atoms with Crippen LogP contribution in [0.4, 0.5) is 5.69 Å². The van der Waals surface area contributed by atoms with Crippen molar-refractivity contribution in [1.29, 1.82) is 0 Å². The Morgan fingerprint density at radius 3 is 2.28 bits per heavy atom. The molecule has 0 aliphatic carbocycles. The van der Waals surface area contributed by atoms with Crippen LogP contribution >= 0.6 is 0 Å². The summed E-state index contributed by atoms with van der Waals surface area (Å²) in [5.41, 5.74) is 1.51. The first kappa shape index (κ1) is 20.9. The molecule has 1 aliphatic rings. The van der Waals surface area contributed by atoms with Crippen molar-refractivity contribution in [2.45, 2.75) is 38.8 Å². The molecule has 0 spiro atoms. The second-order valence-electron chi connectivity index (χ2n) is 7.63. The normalized spacial score (nSPS) is 17.3. The van der Waals surface area contributed by atoms with E-state index in [0.29, 0.717) is 31.6 Å². The molecule has 0 saturated carbocycles. The van der Waals surface area contributed by atoms with E-state index in [2.05, 4.69) is 15.5 Å². The first-order valence-electron chi connectivity index (χ1n) is 10.1. The zero-order chi connectivity index (χ0) is 20.8. The Morgan fingerprint density at radius 2 is 1.62 bits per heavy atom. The van der Waals surface area contributed by atoms with E-state index < -0.39 is 0 Å². The van der Waals surface area contributed by atoms with Gasteiger partial charge in [-0.15, -0.1) is 0 Å². The number of rotatable bonds is 6. The lowest BCUT2D eigenvalue weighted by Crippen LogP contribution is -2.49. The molecule has 0 bridgehead atoms. The molecule has 2 aromatic rings. The lowest BCUT2D eigenvalue weighted by Gasteiger charge is -2.35. The van der Waals surface area contributed by atoms with E-state index in [1.807, 2.05) is 44.2 Å². The summed E-state index contributed by atoms with van der Waals surface area (Å²) >= 11 is 0. The van der Waals surface area contributed by atoms with Crippen molar-refractivity contribution in [1.82, 2.24) is 10.2 Å². The number of hydrogen-bond donors (Lipinski definition) is 3. The second kappa shape index (κ2) is 9.56. The summed E-state index contributed by atoms with van der Waals surface area (Å²) < 4.78 is 0. The number of nitrogens with zero attached hydrogens (tertiary/aromatic N) is 1. The number of phenolic OH excluding ortho intramolecular Hbond substituents is 1. The number of anilines is 1. The van der Waals surface area contributed by atoms with Crippen LogP contribution in [0, 0.1) is 5.92 Å². The molecule has 3 N–H and O–H groups in total. The Labute approximate surface area is 171 Å². The highest BCUT2D eigenvalue weighted by atomic mass is 16.3. The first-order chi connectivity index (χ1) is 14.0. The van der Waals surface area contributed by atoms with Crippen LogP contribution in [0.15, 0.2) is 54.6 Å². The van der Waals surface area contributed by atoms with Gasteiger partial charge >= 0.3 is 0 Å². The number of nitrogens with one attached hydrogen (secondary N) is 2. The van der Waals surface area contributed by atoms with Crippen LogP contribution in [0.25, 0.3) is 0 Å². The number of likely N-dealkylation sites (tertiary alicyclic amines) is 1. The smallest absolute Gasteiger partial charge is 0.237 e. The van der Waals surface area contributed by atoms with Gasteiger partial charge in [0.15, 0.2) is 0 Å². The van der Waals surface area contributed by atoms with Gasteiger partial charge < -0.3 is 15.7 Å². The van der Waals surface area contributed by atoms with Gasteiger partial charge in [-0.1, -0.05) is 42.5 Å². The SMILES string of the molecule is C[C@H](NC(=O)[C@@H](C)N1CCC(C(=O)Nc2ccccc2O)CC1)c1ccccc1. The molecule has 0 aromatic heterocycles. The zero-order valence-corrected chi connectivity index (χ0v) is 17.0. The topological polar surface area (TPSA) is 81.7 Å². The average molecular weight is 396 g/mol. The Kier molecular flexibility index (Phi) is 6.88. The molecule has 154 valence electrons. The minimum atomic E-state index is -0.247. The van der Waals surface area contributed by atoms with Crippen LogP contribution in [0.2, 0.25) is 0 Å². The number of amides is 2. The summed E-state index contributed by atoms with van der Waals surface area (Å²) in [5, 5.41) is 15.7. The van der Waals surface area contributed by atoms with Crippen LogP contribution in [-0.4, -0.2) is 41.0 Å². The minimum Gasteiger partial charge on any atom is -0.506 e. The quantitative estimate of drug-likeness (QED) is 0.656. The number of para-hydroxylation sites is 2. The van der Waals surface area contributed by atoms with E-state index in [-0.39, 0.29) is 35.6 Å². The molecule has 29 heavy (non-hydrogen) atoms. The molecule has 1 saturated heterocycles. The van der Waals surface area contributed by atoms with Crippen LogP contribution in [0.1, 0.15) is 38.3 Å². The van der Waals surface area contributed by atoms with E-state index in [0.717, 1.165) is 5.56 Å². The van der Waals surface area contributed by atoms with Crippen LogP contribution in [-0.2, 0) is 9.59 Å². The van der Waals surface area contributed by atoms with Crippen LogP contribution < -0.4 is 10.6 Å². The number of piperidine rings is 1. The van der Waals surface area contributed by atoms with E-state index >= 15 is 0 Å². The summed E-state index contributed by atoms with van der Waals surface area (Å²) in [7, 11) is 0. The molecule has 1 aliphatic heterocycles. The van der Waals surface area contributed by atoms with Crippen molar-refractivity contribution < 1.29 is 14.7 Å². The number of benzene rings is 2. The zero-order valence-electron chi connectivity index (χ0n) is 17.0. The summed E-state index contributed by atoms with van der Waals surface area (Å²) in [6, 6.07) is 16.3. The summed E-state index contributed by atoms with van der Waals surface area (Å²) in [4.78, 5) is 27.3. The number of carbonyl (C=O) groups is 2. The van der Waals surface area contributed by atoms with Crippen LogP contribution in [0.5, 0.6) is 5.75 Å². The molecule has 6 nitrogen and oxygen atoms in total. The molecule has 2 atom stereocenters. The van der Waals surface area contributed by atoms with Gasteiger partial charge in [-0.2, -0.15) is 0 Å². The third-order valence-electron chi connectivity index (χ3n) is 5.65. The molecule has 0 radical (unpaired) electrons. The monoisotopic (exact) mass is 395 g/mol. The van der Waals surface area contributed by atoms with Gasteiger partial charge in [-0.25, -0.2) is 0 Å². The highest BCUT2D eigenvalue weighted by Gasteiger charge is 2.30. The Morgan fingerprint density at radius 1 is 1.00 bits per heavy atom. The van der Waals surface area contributed by atoms with Gasteiger partial charge in [0.25, 0.3) is 0 Å². The Balaban J connectivity index is 1.48. The standard InChI is InChI=1S/C23H29N3O3/c1-16(18-8-4-3-5-9-18)24-22(28)17(2)26-14-12-19(13-15-26)23(29)25-20-10-6-7-11-21(20)27/h3-11,16-17,19,27H,12-15H2,1-2H3,(H,24,28)(H,25,29)/t16-,17+/m0/s1. The van der Waals surface area contributed by atoms with Crippen molar-refractivity contribution in [3.63, 3.8) is 0 Å². The highest BCUT2D eigenvalue weighted by Crippen LogP contribution is 2.25. The number of phenols is 1. The summed E-state index contributed by atoms with van der Waals surface area (Å²) in [6.45, 7) is 5.27. The first-order valence-corrected chi connectivity index (χ1v) is 10.1. The maximum atomic E-state index is 12.7. The molecule has 3 rings (SSSR count). The van der Waals surface area contributed by atoms with Crippen molar-refractivity contribution in [2.75, 3.05) is 18.4 Å². The van der Waals surface area contributed by atoms with Gasteiger partial charge in [0.1, 0.15) is 5.75 Å². The fourth-order valence-electron chi connectivity index (χ4n) is 3.69. The van der Waals surface area contributed by atoms with Crippen molar-refractivity contribution in [2.24, 2.45) is 5.92 Å². The minimum absolute atomic E-state index is 0.00142. The molecular weight excluding hydrogens is 366 g/mol.